The quantitative estimate of drug-likeness (QED) is 0.644. The highest BCUT2D eigenvalue weighted by Gasteiger charge is 2.15. The van der Waals surface area contributed by atoms with E-state index in [4.69, 9.17) is 22.0 Å². The molecule has 0 saturated carbocycles. The highest BCUT2D eigenvalue weighted by atomic mass is 14.6. The van der Waals surface area contributed by atoms with Crippen molar-refractivity contribution in [3.05, 3.63) is 35.4 Å². The third-order valence-corrected chi connectivity index (χ3v) is 2.52. The number of fused-ring (bicyclic) bond motifs is 1. The number of rotatable bonds is 0. The molecule has 0 aliphatic rings. The molecule has 4 heteroatoms. The maximum atomic E-state index is 8.98. The van der Waals surface area contributed by atoms with Gasteiger partial charge in [0.15, 0.2) is 0 Å². The molecule has 0 heterocycles. The molecule has 0 atom stereocenters. The summed E-state index contributed by atoms with van der Waals surface area (Å²) in [7, 11) is 0. The number of benzene rings is 2. The molecule has 0 aromatic heterocycles. The first-order valence-electron chi connectivity index (χ1n) is 4.60. The number of hydrogen-bond acceptors (Lipinski definition) is 4. The summed E-state index contributed by atoms with van der Waals surface area (Å²) in [6.45, 7) is 0. The van der Waals surface area contributed by atoms with Gasteiger partial charge in [0.1, 0.15) is 12.1 Å². The molecule has 0 fully saturated rings. The summed E-state index contributed by atoms with van der Waals surface area (Å²) in [6.07, 6.45) is 0. The first-order valence-corrected chi connectivity index (χ1v) is 4.60. The predicted molar refractivity (Wildman–Crippen MR) is 62.2 cm³/mol. The van der Waals surface area contributed by atoms with Gasteiger partial charge >= 0.3 is 0 Å². The fourth-order valence-corrected chi connectivity index (χ4v) is 1.72. The highest BCUT2D eigenvalue weighted by Crippen LogP contribution is 2.33. The molecule has 2 aromatic carbocycles. The summed E-state index contributed by atoms with van der Waals surface area (Å²) < 4.78 is 0. The van der Waals surface area contributed by atoms with E-state index in [1.54, 1.807) is 12.1 Å². The Hall–Kier alpha value is -2.72. The minimum absolute atomic E-state index is 0.152. The Labute approximate surface area is 92.3 Å². The zero-order valence-electron chi connectivity index (χ0n) is 8.36. The van der Waals surface area contributed by atoms with E-state index in [1.165, 1.54) is 0 Å². The fourth-order valence-electron chi connectivity index (χ4n) is 1.72. The van der Waals surface area contributed by atoms with Crippen LogP contribution in [0.4, 0.5) is 11.4 Å². The topological polar surface area (TPSA) is 99.6 Å². The molecular weight excluding hydrogens is 200 g/mol. The Bertz CT molecular complexity index is 601. The van der Waals surface area contributed by atoms with E-state index in [0.29, 0.717) is 22.1 Å². The van der Waals surface area contributed by atoms with Crippen molar-refractivity contribution in [2.75, 3.05) is 11.5 Å². The number of hydrogen-bond donors (Lipinski definition) is 2. The molecular formula is C12H8N4. The lowest BCUT2D eigenvalue weighted by molar-refractivity contribution is 1.44. The zero-order valence-corrected chi connectivity index (χ0v) is 8.36. The van der Waals surface area contributed by atoms with Crippen LogP contribution in [-0.2, 0) is 0 Å². The van der Waals surface area contributed by atoms with Crippen LogP contribution in [0.5, 0.6) is 0 Å². The van der Waals surface area contributed by atoms with Crippen LogP contribution in [-0.4, -0.2) is 0 Å². The first kappa shape index (κ1) is 9.82. The highest BCUT2D eigenvalue weighted by molar-refractivity contribution is 6.05. The molecule has 0 unspecified atom stereocenters. The van der Waals surface area contributed by atoms with Crippen molar-refractivity contribution in [3.63, 3.8) is 0 Å². The van der Waals surface area contributed by atoms with Gasteiger partial charge in [-0.2, -0.15) is 10.5 Å². The van der Waals surface area contributed by atoms with Crippen molar-refractivity contribution >= 4 is 22.1 Å². The molecule has 0 aliphatic heterocycles. The number of nitrogens with zero attached hydrogens (tertiary/aromatic N) is 2. The lowest BCUT2D eigenvalue weighted by Crippen LogP contribution is -2.01. The van der Waals surface area contributed by atoms with Crippen LogP contribution in [0.3, 0.4) is 0 Å². The van der Waals surface area contributed by atoms with Crippen molar-refractivity contribution in [1.29, 1.82) is 10.5 Å². The van der Waals surface area contributed by atoms with Gasteiger partial charge in [-0.3, -0.25) is 0 Å². The molecule has 2 rings (SSSR count). The van der Waals surface area contributed by atoms with Gasteiger partial charge in [-0.05, 0) is 0 Å². The average molecular weight is 208 g/mol. The first-order chi connectivity index (χ1) is 7.70. The molecule has 2 aromatic rings. The molecule has 0 amide bonds. The van der Waals surface area contributed by atoms with Crippen LogP contribution in [0.15, 0.2) is 24.3 Å². The van der Waals surface area contributed by atoms with Gasteiger partial charge in [-0.25, -0.2) is 0 Å². The Balaban J connectivity index is 3.08. The summed E-state index contributed by atoms with van der Waals surface area (Å²) in [5.74, 6) is 0. The fraction of sp³-hybridized carbons (Fsp3) is 0. The van der Waals surface area contributed by atoms with E-state index in [2.05, 4.69) is 0 Å². The summed E-state index contributed by atoms with van der Waals surface area (Å²) in [4.78, 5) is 0. The van der Waals surface area contributed by atoms with Crippen LogP contribution in [0, 0.1) is 22.7 Å². The van der Waals surface area contributed by atoms with Gasteiger partial charge in [-0.1, -0.05) is 24.3 Å². The van der Waals surface area contributed by atoms with Crippen molar-refractivity contribution in [3.8, 4) is 12.1 Å². The van der Waals surface area contributed by atoms with Crippen LogP contribution < -0.4 is 11.5 Å². The zero-order chi connectivity index (χ0) is 11.7. The Morgan fingerprint density at radius 3 is 1.50 bits per heavy atom. The molecule has 0 aliphatic carbocycles. The molecule has 16 heavy (non-hydrogen) atoms. The lowest BCUT2D eigenvalue weighted by Gasteiger charge is -2.09. The van der Waals surface area contributed by atoms with Gasteiger partial charge in [0, 0.05) is 10.8 Å². The summed E-state index contributed by atoms with van der Waals surface area (Å²) in [5, 5.41) is 19.4. The standard InChI is InChI=1S/C12H8N4/c13-5-9-10(6-14)12(16)8-4-2-1-3-7(8)11(9)15/h1-4H,15-16H2. The summed E-state index contributed by atoms with van der Waals surface area (Å²) >= 11 is 0. The smallest absolute Gasteiger partial charge is 0.103 e. The van der Waals surface area contributed by atoms with Gasteiger partial charge < -0.3 is 11.5 Å². The van der Waals surface area contributed by atoms with Gasteiger partial charge in [0.25, 0.3) is 0 Å². The lowest BCUT2D eigenvalue weighted by atomic mass is 9.97. The largest absolute Gasteiger partial charge is 0.397 e. The monoisotopic (exact) mass is 208 g/mol. The second-order valence-corrected chi connectivity index (χ2v) is 3.35. The number of nitriles is 2. The molecule has 0 bridgehead atoms. The number of anilines is 2. The van der Waals surface area contributed by atoms with Crippen molar-refractivity contribution in [2.45, 2.75) is 0 Å². The molecule has 0 radical (unpaired) electrons. The van der Waals surface area contributed by atoms with Gasteiger partial charge in [0.2, 0.25) is 0 Å². The Kier molecular flexibility index (Phi) is 2.12. The Morgan fingerprint density at radius 2 is 1.19 bits per heavy atom. The van der Waals surface area contributed by atoms with E-state index in [1.807, 2.05) is 24.3 Å². The summed E-state index contributed by atoms with van der Waals surface area (Å²) in [6, 6.07) is 11.0. The van der Waals surface area contributed by atoms with Crippen LogP contribution in [0.2, 0.25) is 0 Å². The van der Waals surface area contributed by atoms with E-state index < -0.39 is 0 Å². The molecule has 4 nitrogen and oxygen atoms in total. The second-order valence-electron chi connectivity index (χ2n) is 3.35. The van der Waals surface area contributed by atoms with Crippen LogP contribution >= 0.6 is 0 Å². The van der Waals surface area contributed by atoms with E-state index in [0.717, 1.165) is 0 Å². The van der Waals surface area contributed by atoms with E-state index in [-0.39, 0.29) is 11.1 Å². The minimum atomic E-state index is 0.152. The van der Waals surface area contributed by atoms with E-state index in [9.17, 15) is 0 Å². The maximum absolute atomic E-state index is 8.98. The van der Waals surface area contributed by atoms with Gasteiger partial charge in [-0.15, -0.1) is 0 Å². The predicted octanol–water partition coefficient (Wildman–Crippen LogP) is 1.75. The Morgan fingerprint density at radius 1 is 0.812 bits per heavy atom. The summed E-state index contributed by atoms with van der Waals surface area (Å²) in [5.41, 5.74) is 12.6. The molecule has 4 N–H and O–H groups in total. The van der Waals surface area contributed by atoms with E-state index >= 15 is 0 Å². The number of nitrogens with two attached hydrogens (primary N) is 2. The van der Waals surface area contributed by atoms with Crippen molar-refractivity contribution in [1.82, 2.24) is 0 Å². The maximum Gasteiger partial charge on any atom is 0.103 e. The third-order valence-electron chi connectivity index (χ3n) is 2.52. The SMILES string of the molecule is N#Cc1c(C#N)c(N)c2ccccc2c1N. The van der Waals surface area contributed by atoms with Crippen molar-refractivity contribution in [2.24, 2.45) is 0 Å². The molecule has 76 valence electrons. The normalized spacial score (nSPS) is 9.62. The molecule has 0 saturated heterocycles. The third kappa shape index (κ3) is 1.14. The number of nitrogen functional groups attached to an aromatic ring is 2. The minimum Gasteiger partial charge on any atom is -0.397 e. The average Bonchev–Trinajstić information content (AvgIpc) is 2.33. The van der Waals surface area contributed by atoms with Crippen LogP contribution in [0.25, 0.3) is 10.8 Å². The van der Waals surface area contributed by atoms with Crippen molar-refractivity contribution < 1.29 is 0 Å². The van der Waals surface area contributed by atoms with Gasteiger partial charge in [0.05, 0.1) is 22.5 Å². The second kappa shape index (κ2) is 3.45. The van der Waals surface area contributed by atoms with Crippen LogP contribution in [0.1, 0.15) is 11.1 Å². The molecule has 0 spiro atoms.